The molecule has 1 fully saturated rings. The molecule has 0 radical (unpaired) electrons. The first kappa shape index (κ1) is 21.1. The molecule has 1 aliphatic rings. The molecule has 1 aliphatic heterocycles. The highest BCUT2D eigenvalue weighted by atomic mass is 19.3. The fourth-order valence-electron chi connectivity index (χ4n) is 3.19. The average molecular weight is 384 g/mol. The number of hydrogen-bond acceptors (Lipinski definition) is 4. The summed E-state index contributed by atoms with van der Waals surface area (Å²) in [6.07, 6.45) is 1.06. The van der Waals surface area contributed by atoms with Crippen molar-refractivity contribution < 1.29 is 27.8 Å². The Bertz CT molecular complexity index is 654. The van der Waals surface area contributed by atoms with Crippen molar-refractivity contribution in [3.63, 3.8) is 0 Å². The summed E-state index contributed by atoms with van der Waals surface area (Å²) in [4.78, 5) is 26.9. The summed E-state index contributed by atoms with van der Waals surface area (Å²) in [5.74, 6) is -0.718. The zero-order chi connectivity index (χ0) is 20.0. The lowest BCUT2D eigenvalue weighted by Gasteiger charge is -2.26. The molecule has 2 rings (SSSR count). The second-order valence-corrected chi connectivity index (χ2v) is 6.79. The molecule has 8 heteroatoms. The lowest BCUT2D eigenvalue weighted by Crippen LogP contribution is -2.48. The third-order valence-corrected chi connectivity index (χ3v) is 4.67. The Morgan fingerprint density at radius 3 is 2.63 bits per heavy atom. The quantitative estimate of drug-likeness (QED) is 0.748. The van der Waals surface area contributed by atoms with Crippen molar-refractivity contribution in [1.82, 2.24) is 10.2 Å². The molecule has 2 amide bonds. The molecule has 0 spiro atoms. The van der Waals surface area contributed by atoms with Crippen molar-refractivity contribution in [3.8, 4) is 5.75 Å². The fraction of sp³-hybridized carbons (Fsp3) is 0.579. The Morgan fingerprint density at radius 1 is 1.30 bits per heavy atom. The van der Waals surface area contributed by atoms with E-state index in [9.17, 15) is 18.4 Å². The first-order valence-corrected chi connectivity index (χ1v) is 9.00. The minimum Gasteiger partial charge on any atom is -0.434 e. The van der Waals surface area contributed by atoms with E-state index in [-0.39, 0.29) is 29.2 Å². The molecule has 1 saturated heterocycles. The highest BCUT2D eigenvalue weighted by Crippen LogP contribution is 2.26. The van der Waals surface area contributed by atoms with Crippen LogP contribution in [0.1, 0.15) is 37.0 Å². The van der Waals surface area contributed by atoms with Crippen LogP contribution < -0.4 is 10.1 Å². The van der Waals surface area contributed by atoms with E-state index in [1.165, 1.54) is 23.1 Å². The molecule has 0 aliphatic carbocycles. The molecule has 1 heterocycles. The van der Waals surface area contributed by atoms with Gasteiger partial charge in [-0.3, -0.25) is 9.59 Å². The number of methoxy groups -OCH3 is 1. The molecule has 0 bridgehead atoms. The summed E-state index contributed by atoms with van der Waals surface area (Å²) in [6.45, 7) is 1.69. The molecule has 2 unspecified atom stereocenters. The highest BCUT2D eigenvalue weighted by Gasteiger charge is 2.35. The predicted molar refractivity (Wildman–Crippen MR) is 95.8 cm³/mol. The maximum Gasteiger partial charge on any atom is 0.387 e. The van der Waals surface area contributed by atoms with Crippen molar-refractivity contribution in [1.29, 1.82) is 0 Å². The third-order valence-electron chi connectivity index (χ3n) is 4.67. The number of nitrogens with one attached hydrogen (secondary N) is 1. The van der Waals surface area contributed by atoms with Gasteiger partial charge in [-0.2, -0.15) is 8.78 Å². The van der Waals surface area contributed by atoms with E-state index in [0.717, 1.165) is 0 Å². The molecule has 2 atom stereocenters. The first-order chi connectivity index (χ1) is 12.8. The normalized spacial score (nSPS) is 18.0. The smallest absolute Gasteiger partial charge is 0.387 e. The first-order valence-electron chi connectivity index (χ1n) is 9.00. The second-order valence-electron chi connectivity index (χ2n) is 6.79. The summed E-state index contributed by atoms with van der Waals surface area (Å²) < 4.78 is 35.0. The van der Waals surface area contributed by atoms with Crippen molar-refractivity contribution in [2.24, 2.45) is 5.92 Å². The van der Waals surface area contributed by atoms with Gasteiger partial charge in [0.15, 0.2) is 0 Å². The van der Waals surface area contributed by atoms with Gasteiger partial charge in [-0.25, -0.2) is 0 Å². The van der Waals surface area contributed by atoms with E-state index < -0.39 is 18.6 Å². The van der Waals surface area contributed by atoms with Gasteiger partial charge in [0.25, 0.3) is 5.91 Å². The molecule has 27 heavy (non-hydrogen) atoms. The molecule has 0 saturated carbocycles. The SMILES string of the molecule is COC(CNC(=O)C1CCCN1C(=O)c1ccccc1OC(F)F)C(C)C. The number of halogens is 2. The Labute approximate surface area is 157 Å². The van der Waals surface area contributed by atoms with Crippen LogP contribution in [0.15, 0.2) is 24.3 Å². The van der Waals surface area contributed by atoms with Crippen LogP contribution in [0.4, 0.5) is 8.78 Å². The number of nitrogens with zero attached hydrogens (tertiary/aromatic N) is 1. The van der Waals surface area contributed by atoms with Gasteiger partial charge in [0.05, 0.1) is 11.7 Å². The van der Waals surface area contributed by atoms with Gasteiger partial charge in [0, 0.05) is 20.2 Å². The Balaban J connectivity index is 2.09. The van der Waals surface area contributed by atoms with Gasteiger partial charge in [0.2, 0.25) is 5.91 Å². The number of para-hydroxylation sites is 1. The number of carbonyl (C=O) groups excluding carboxylic acids is 2. The molecule has 1 aromatic rings. The number of hydrogen-bond donors (Lipinski definition) is 1. The van der Waals surface area contributed by atoms with Gasteiger partial charge in [-0.15, -0.1) is 0 Å². The van der Waals surface area contributed by atoms with Crippen molar-refractivity contribution in [2.45, 2.75) is 45.4 Å². The van der Waals surface area contributed by atoms with E-state index in [1.54, 1.807) is 13.2 Å². The minimum atomic E-state index is -3.03. The molecule has 1 N–H and O–H groups in total. The topological polar surface area (TPSA) is 67.9 Å². The van der Waals surface area contributed by atoms with Crippen LogP contribution in [0.5, 0.6) is 5.75 Å². The maximum absolute atomic E-state index is 12.9. The fourth-order valence-corrected chi connectivity index (χ4v) is 3.19. The molecule has 6 nitrogen and oxygen atoms in total. The standard InChI is InChI=1S/C19H26F2N2O4/c1-12(2)16(26-3)11-22-17(24)14-8-6-10-23(14)18(25)13-7-4-5-9-15(13)27-19(20)21/h4-5,7,9,12,14,16,19H,6,8,10-11H2,1-3H3,(H,22,24). The van der Waals surface area contributed by atoms with E-state index in [1.807, 2.05) is 13.8 Å². The van der Waals surface area contributed by atoms with Crippen LogP contribution >= 0.6 is 0 Å². The lowest BCUT2D eigenvalue weighted by atomic mass is 10.1. The van der Waals surface area contributed by atoms with Crippen molar-refractivity contribution in [3.05, 3.63) is 29.8 Å². The zero-order valence-electron chi connectivity index (χ0n) is 15.8. The summed E-state index contributed by atoms with van der Waals surface area (Å²) in [5, 5.41) is 2.83. The van der Waals surface area contributed by atoms with Crippen molar-refractivity contribution in [2.75, 3.05) is 20.2 Å². The van der Waals surface area contributed by atoms with Gasteiger partial charge in [-0.05, 0) is 30.9 Å². The van der Waals surface area contributed by atoms with Crippen LogP contribution in [0.25, 0.3) is 0 Å². The van der Waals surface area contributed by atoms with Crippen LogP contribution in [0.2, 0.25) is 0 Å². The number of rotatable bonds is 8. The molecule has 1 aromatic carbocycles. The second kappa shape index (κ2) is 9.64. The number of alkyl halides is 2. The van der Waals surface area contributed by atoms with E-state index >= 15 is 0 Å². The predicted octanol–water partition coefficient (Wildman–Crippen LogP) is 2.68. The molecule has 0 aromatic heterocycles. The van der Waals surface area contributed by atoms with Crippen LogP contribution in [-0.4, -0.2) is 55.7 Å². The molecule has 150 valence electrons. The van der Waals surface area contributed by atoms with Gasteiger partial charge in [-0.1, -0.05) is 26.0 Å². The van der Waals surface area contributed by atoms with Gasteiger partial charge < -0.3 is 19.7 Å². The third kappa shape index (κ3) is 5.38. The van der Waals surface area contributed by atoms with E-state index in [4.69, 9.17) is 4.74 Å². The number of amides is 2. The number of carbonyl (C=O) groups is 2. The summed E-state index contributed by atoms with van der Waals surface area (Å²) in [5.41, 5.74) is 0.0226. The summed E-state index contributed by atoms with van der Waals surface area (Å²) >= 11 is 0. The molecular weight excluding hydrogens is 358 g/mol. The largest absolute Gasteiger partial charge is 0.434 e. The van der Waals surface area contributed by atoms with Gasteiger partial charge >= 0.3 is 6.61 Å². The number of likely N-dealkylation sites (tertiary alicyclic amines) is 1. The van der Waals surface area contributed by atoms with E-state index in [2.05, 4.69) is 10.1 Å². The van der Waals surface area contributed by atoms with Crippen LogP contribution in [0.3, 0.4) is 0 Å². The van der Waals surface area contributed by atoms with Crippen LogP contribution in [0, 0.1) is 5.92 Å². The number of ether oxygens (including phenoxy) is 2. The maximum atomic E-state index is 12.9. The van der Waals surface area contributed by atoms with Crippen molar-refractivity contribution >= 4 is 11.8 Å². The zero-order valence-corrected chi connectivity index (χ0v) is 15.8. The Hall–Kier alpha value is -2.22. The molecular formula is C19H26F2N2O4. The summed E-state index contributed by atoms with van der Waals surface area (Å²) in [7, 11) is 1.59. The summed E-state index contributed by atoms with van der Waals surface area (Å²) in [6, 6.07) is 5.19. The van der Waals surface area contributed by atoms with E-state index in [0.29, 0.717) is 25.9 Å². The number of benzene rings is 1. The Morgan fingerprint density at radius 2 is 2.00 bits per heavy atom. The lowest BCUT2D eigenvalue weighted by molar-refractivity contribution is -0.125. The highest BCUT2D eigenvalue weighted by molar-refractivity contribution is 6.00. The van der Waals surface area contributed by atoms with Gasteiger partial charge in [0.1, 0.15) is 11.8 Å². The average Bonchev–Trinajstić information content (AvgIpc) is 3.11. The Kier molecular flexibility index (Phi) is 7.53. The monoisotopic (exact) mass is 384 g/mol. The van der Waals surface area contributed by atoms with Crippen LogP contribution in [-0.2, 0) is 9.53 Å². The minimum absolute atomic E-state index is 0.0226.